The van der Waals surface area contributed by atoms with Crippen molar-refractivity contribution < 1.29 is 14.7 Å². The van der Waals surface area contributed by atoms with Crippen LogP contribution in [0.3, 0.4) is 0 Å². The molecule has 1 amide bonds. The number of rotatable bonds is 4. The molecular formula is C13H18N2O3. The van der Waals surface area contributed by atoms with Crippen molar-refractivity contribution in [2.75, 3.05) is 0 Å². The Morgan fingerprint density at radius 2 is 1.78 bits per heavy atom. The van der Waals surface area contributed by atoms with Crippen molar-refractivity contribution in [1.29, 1.82) is 0 Å². The summed E-state index contributed by atoms with van der Waals surface area (Å²) in [5.74, 6) is -2.01. The number of aliphatic carboxylic acids is 1. The zero-order chi connectivity index (χ0) is 13.9. The number of amides is 1. The number of hydrogen-bond donors (Lipinski definition) is 3. The highest BCUT2D eigenvalue weighted by molar-refractivity contribution is 6.00. The second-order valence-electron chi connectivity index (χ2n) is 4.41. The molecule has 0 saturated carbocycles. The molecule has 0 aliphatic carbocycles. The summed E-state index contributed by atoms with van der Waals surface area (Å²) >= 11 is 0. The lowest BCUT2D eigenvalue weighted by Gasteiger charge is -2.13. The van der Waals surface area contributed by atoms with Gasteiger partial charge in [0, 0.05) is 6.54 Å². The zero-order valence-corrected chi connectivity index (χ0v) is 10.8. The van der Waals surface area contributed by atoms with Crippen LogP contribution in [0.2, 0.25) is 0 Å². The first-order chi connectivity index (χ1) is 8.32. The highest BCUT2D eigenvalue weighted by Crippen LogP contribution is 2.15. The van der Waals surface area contributed by atoms with E-state index in [2.05, 4.69) is 5.32 Å². The van der Waals surface area contributed by atoms with Crippen LogP contribution in [-0.2, 0) is 16.1 Å². The fourth-order valence-corrected chi connectivity index (χ4v) is 1.89. The minimum Gasteiger partial charge on any atom is -0.480 e. The summed E-state index contributed by atoms with van der Waals surface area (Å²) in [5, 5.41) is 11.1. The van der Waals surface area contributed by atoms with E-state index >= 15 is 0 Å². The Labute approximate surface area is 106 Å². The van der Waals surface area contributed by atoms with Crippen molar-refractivity contribution in [3.63, 3.8) is 0 Å². The average molecular weight is 250 g/mol. The zero-order valence-electron chi connectivity index (χ0n) is 10.8. The van der Waals surface area contributed by atoms with E-state index in [0.717, 1.165) is 22.3 Å². The highest BCUT2D eigenvalue weighted by atomic mass is 16.4. The number of hydrogen-bond acceptors (Lipinski definition) is 3. The van der Waals surface area contributed by atoms with E-state index in [1.165, 1.54) is 0 Å². The van der Waals surface area contributed by atoms with Crippen molar-refractivity contribution in [2.24, 2.45) is 5.73 Å². The number of nitrogens with two attached hydrogens (primary N) is 1. The Hall–Kier alpha value is -1.88. The highest BCUT2D eigenvalue weighted by Gasteiger charge is 2.20. The molecular weight excluding hydrogens is 232 g/mol. The van der Waals surface area contributed by atoms with E-state index in [1.807, 2.05) is 32.9 Å². The summed E-state index contributed by atoms with van der Waals surface area (Å²) in [7, 11) is 0. The Balaban J connectivity index is 2.76. The van der Waals surface area contributed by atoms with Crippen LogP contribution in [0.25, 0.3) is 0 Å². The lowest BCUT2D eigenvalue weighted by molar-refractivity contribution is -0.142. The summed E-state index contributed by atoms with van der Waals surface area (Å²) in [5.41, 5.74) is 9.49. The molecule has 98 valence electrons. The van der Waals surface area contributed by atoms with E-state index in [4.69, 9.17) is 10.8 Å². The molecule has 1 atom stereocenters. The molecule has 1 aromatic rings. The predicted octanol–water partition coefficient (Wildman–Crippen LogP) is 0.640. The van der Waals surface area contributed by atoms with Crippen LogP contribution in [0, 0.1) is 20.8 Å². The van der Waals surface area contributed by atoms with E-state index < -0.39 is 17.9 Å². The molecule has 0 aliphatic rings. The van der Waals surface area contributed by atoms with Gasteiger partial charge in [-0.2, -0.15) is 0 Å². The molecule has 0 aromatic heterocycles. The fourth-order valence-electron chi connectivity index (χ4n) is 1.89. The van der Waals surface area contributed by atoms with Crippen LogP contribution < -0.4 is 11.1 Å². The second kappa shape index (κ2) is 5.64. The summed E-state index contributed by atoms with van der Waals surface area (Å²) in [6.07, 6.45) is 0. The number of carbonyl (C=O) groups excluding carboxylic acids is 1. The standard InChI is InChI=1S/C13H18N2O3/c1-7-4-8(2)10(9(3)5-7)6-15-12(16)11(14)13(17)18/h4-5,11H,6,14H2,1-3H3,(H,15,16)(H,17,18). The minimum atomic E-state index is -1.52. The van der Waals surface area contributed by atoms with Crippen molar-refractivity contribution in [3.8, 4) is 0 Å². The van der Waals surface area contributed by atoms with Gasteiger partial charge in [0.25, 0.3) is 0 Å². The van der Waals surface area contributed by atoms with E-state index in [-0.39, 0.29) is 6.54 Å². The molecule has 0 radical (unpaired) electrons. The van der Waals surface area contributed by atoms with Gasteiger partial charge in [0.2, 0.25) is 5.91 Å². The van der Waals surface area contributed by atoms with Gasteiger partial charge in [-0.3, -0.25) is 4.79 Å². The van der Waals surface area contributed by atoms with Crippen LogP contribution in [0.15, 0.2) is 12.1 Å². The molecule has 1 unspecified atom stereocenters. The molecule has 5 heteroatoms. The molecule has 0 saturated heterocycles. The molecule has 0 heterocycles. The van der Waals surface area contributed by atoms with Crippen LogP contribution in [0.5, 0.6) is 0 Å². The van der Waals surface area contributed by atoms with Crippen LogP contribution in [0.1, 0.15) is 22.3 Å². The van der Waals surface area contributed by atoms with Crippen molar-refractivity contribution in [3.05, 3.63) is 34.4 Å². The SMILES string of the molecule is Cc1cc(C)c(CNC(=O)C(N)C(=O)O)c(C)c1. The van der Waals surface area contributed by atoms with Gasteiger partial charge >= 0.3 is 5.97 Å². The molecule has 0 bridgehead atoms. The van der Waals surface area contributed by atoms with E-state index in [0.29, 0.717) is 0 Å². The smallest absolute Gasteiger partial charge is 0.330 e. The molecule has 4 N–H and O–H groups in total. The third-order valence-electron chi connectivity index (χ3n) is 2.83. The second-order valence-corrected chi connectivity index (χ2v) is 4.41. The van der Waals surface area contributed by atoms with Crippen LogP contribution >= 0.6 is 0 Å². The lowest BCUT2D eigenvalue weighted by atomic mass is 10.00. The van der Waals surface area contributed by atoms with Gasteiger partial charge in [0.1, 0.15) is 0 Å². The molecule has 0 fully saturated rings. The summed E-state index contributed by atoms with van der Waals surface area (Å²) < 4.78 is 0. The maximum absolute atomic E-state index is 11.4. The number of aryl methyl sites for hydroxylation is 3. The van der Waals surface area contributed by atoms with Gasteiger partial charge in [-0.05, 0) is 37.5 Å². The Kier molecular flexibility index (Phi) is 4.44. The normalized spacial score (nSPS) is 12.0. The van der Waals surface area contributed by atoms with Gasteiger partial charge in [0.15, 0.2) is 6.04 Å². The maximum atomic E-state index is 11.4. The third kappa shape index (κ3) is 3.30. The summed E-state index contributed by atoms with van der Waals surface area (Å²) in [4.78, 5) is 22.0. The number of carboxylic acid groups (broad SMARTS) is 1. The number of carboxylic acids is 1. The monoisotopic (exact) mass is 250 g/mol. The predicted molar refractivity (Wildman–Crippen MR) is 68.1 cm³/mol. The van der Waals surface area contributed by atoms with Gasteiger partial charge in [-0.25, -0.2) is 4.79 Å². The Bertz CT molecular complexity index is 460. The van der Waals surface area contributed by atoms with Crippen molar-refractivity contribution in [1.82, 2.24) is 5.32 Å². The Morgan fingerprint density at radius 3 is 2.22 bits per heavy atom. The van der Waals surface area contributed by atoms with Gasteiger partial charge in [-0.1, -0.05) is 17.7 Å². The molecule has 0 spiro atoms. The lowest BCUT2D eigenvalue weighted by Crippen LogP contribution is -2.45. The minimum absolute atomic E-state index is 0.289. The average Bonchev–Trinajstić information content (AvgIpc) is 2.25. The first-order valence-electron chi connectivity index (χ1n) is 5.65. The van der Waals surface area contributed by atoms with Crippen LogP contribution in [-0.4, -0.2) is 23.0 Å². The summed E-state index contributed by atoms with van der Waals surface area (Å²) in [6.45, 7) is 6.21. The number of carbonyl (C=O) groups is 2. The summed E-state index contributed by atoms with van der Waals surface area (Å²) in [6, 6.07) is 2.52. The van der Waals surface area contributed by atoms with Crippen molar-refractivity contribution in [2.45, 2.75) is 33.4 Å². The molecule has 5 nitrogen and oxygen atoms in total. The topological polar surface area (TPSA) is 92.4 Å². The number of nitrogens with one attached hydrogen (secondary N) is 1. The van der Waals surface area contributed by atoms with Gasteiger partial charge in [-0.15, -0.1) is 0 Å². The van der Waals surface area contributed by atoms with Crippen LogP contribution in [0.4, 0.5) is 0 Å². The fraction of sp³-hybridized carbons (Fsp3) is 0.385. The molecule has 18 heavy (non-hydrogen) atoms. The quantitative estimate of drug-likeness (QED) is 0.684. The third-order valence-corrected chi connectivity index (χ3v) is 2.83. The molecule has 1 rings (SSSR count). The number of benzene rings is 1. The Morgan fingerprint density at radius 1 is 1.28 bits per heavy atom. The first-order valence-corrected chi connectivity index (χ1v) is 5.65. The molecule has 0 aliphatic heterocycles. The largest absolute Gasteiger partial charge is 0.480 e. The van der Waals surface area contributed by atoms with Gasteiger partial charge in [0.05, 0.1) is 0 Å². The molecule has 1 aromatic carbocycles. The van der Waals surface area contributed by atoms with E-state index in [9.17, 15) is 9.59 Å². The van der Waals surface area contributed by atoms with Crippen molar-refractivity contribution >= 4 is 11.9 Å². The first kappa shape index (κ1) is 14.2. The van der Waals surface area contributed by atoms with Gasteiger partial charge < -0.3 is 16.2 Å². The maximum Gasteiger partial charge on any atom is 0.330 e. The van der Waals surface area contributed by atoms with E-state index in [1.54, 1.807) is 0 Å².